The quantitative estimate of drug-likeness (QED) is 0.623. The van der Waals surface area contributed by atoms with E-state index in [0.717, 1.165) is 42.0 Å². The maximum Gasteiger partial charge on any atom is 0.237 e. The number of ether oxygens (including phenoxy) is 2. The summed E-state index contributed by atoms with van der Waals surface area (Å²) in [5.74, 6) is 1.50. The normalized spacial score (nSPS) is 15.4. The Kier molecular flexibility index (Phi) is 6.23. The summed E-state index contributed by atoms with van der Waals surface area (Å²) in [4.78, 5) is 4.47. The van der Waals surface area contributed by atoms with Crippen molar-refractivity contribution < 1.29 is 17.9 Å². The van der Waals surface area contributed by atoms with E-state index in [0.29, 0.717) is 11.7 Å². The van der Waals surface area contributed by atoms with Gasteiger partial charge in [0.25, 0.3) is 0 Å². The second-order valence-corrected chi connectivity index (χ2v) is 9.26. The standard InChI is InChI=1S/C18H25N3O4S2/c1-4-15(19-10-12-5-6-13(24-2)9-17(12)25-3)16-11-26-18(20-16)21-27(22,23)14-7-8-14/h5-6,9,11,14-15,19H,4,7-8,10H2,1-3H3,(H,20,21). The topological polar surface area (TPSA) is 89.5 Å². The van der Waals surface area contributed by atoms with Crippen LogP contribution in [0.15, 0.2) is 23.6 Å². The van der Waals surface area contributed by atoms with Crippen LogP contribution in [0.3, 0.4) is 0 Å². The van der Waals surface area contributed by atoms with Crippen LogP contribution < -0.4 is 19.5 Å². The fourth-order valence-corrected chi connectivity index (χ4v) is 5.13. The maximum absolute atomic E-state index is 12.1. The first kappa shape index (κ1) is 19.9. The van der Waals surface area contributed by atoms with Gasteiger partial charge in [0.1, 0.15) is 11.5 Å². The minimum Gasteiger partial charge on any atom is -0.497 e. The number of benzene rings is 1. The molecule has 0 aliphatic heterocycles. The predicted molar refractivity (Wildman–Crippen MR) is 107 cm³/mol. The molecule has 0 spiro atoms. The number of nitrogens with one attached hydrogen (secondary N) is 2. The van der Waals surface area contributed by atoms with Crippen molar-refractivity contribution >= 4 is 26.5 Å². The van der Waals surface area contributed by atoms with Gasteiger partial charge in [0.05, 0.1) is 31.2 Å². The third kappa shape index (κ3) is 4.91. The van der Waals surface area contributed by atoms with E-state index < -0.39 is 10.0 Å². The highest BCUT2D eigenvalue weighted by molar-refractivity contribution is 7.93. The molecule has 1 atom stereocenters. The number of thiazole rings is 1. The Morgan fingerprint density at radius 1 is 1.30 bits per heavy atom. The van der Waals surface area contributed by atoms with Gasteiger partial charge in [0, 0.05) is 23.6 Å². The Labute approximate surface area is 164 Å². The molecule has 148 valence electrons. The van der Waals surface area contributed by atoms with Crippen LogP contribution in [-0.4, -0.2) is 32.9 Å². The second kappa shape index (κ2) is 8.45. The lowest BCUT2D eigenvalue weighted by Crippen LogP contribution is -2.21. The molecule has 0 bridgehead atoms. The summed E-state index contributed by atoms with van der Waals surface area (Å²) in [6, 6.07) is 5.74. The molecule has 1 saturated carbocycles. The first-order valence-electron chi connectivity index (χ1n) is 8.88. The van der Waals surface area contributed by atoms with Crippen molar-refractivity contribution in [3.8, 4) is 11.5 Å². The average molecular weight is 412 g/mol. The number of aromatic nitrogens is 1. The summed E-state index contributed by atoms with van der Waals surface area (Å²) in [6.45, 7) is 2.67. The van der Waals surface area contributed by atoms with Gasteiger partial charge in [0.15, 0.2) is 5.13 Å². The number of nitrogens with zero attached hydrogens (tertiary/aromatic N) is 1. The zero-order valence-corrected chi connectivity index (χ0v) is 17.3. The Morgan fingerprint density at radius 3 is 2.70 bits per heavy atom. The first-order chi connectivity index (χ1) is 13.0. The van der Waals surface area contributed by atoms with Gasteiger partial charge in [-0.25, -0.2) is 13.4 Å². The highest BCUT2D eigenvalue weighted by Gasteiger charge is 2.36. The van der Waals surface area contributed by atoms with Gasteiger partial charge in [0.2, 0.25) is 10.0 Å². The van der Waals surface area contributed by atoms with Crippen LogP contribution in [0.4, 0.5) is 5.13 Å². The molecule has 1 aromatic heterocycles. The lowest BCUT2D eigenvalue weighted by Gasteiger charge is -2.17. The molecule has 1 aromatic carbocycles. The van der Waals surface area contributed by atoms with Crippen molar-refractivity contribution in [2.45, 2.75) is 44.0 Å². The summed E-state index contributed by atoms with van der Waals surface area (Å²) in [5.41, 5.74) is 1.85. The van der Waals surface area contributed by atoms with Gasteiger partial charge in [-0.3, -0.25) is 4.72 Å². The Bertz CT molecular complexity index is 878. The molecule has 9 heteroatoms. The zero-order valence-electron chi connectivity index (χ0n) is 15.7. The monoisotopic (exact) mass is 411 g/mol. The van der Waals surface area contributed by atoms with Crippen LogP contribution in [-0.2, 0) is 16.6 Å². The molecular formula is C18H25N3O4S2. The molecule has 1 unspecified atom stereocenters. The van der Waals surface area contributed by atoms with Crippen LogP contribution in [0.1, 0.15) is 43.5 Å². The summed E-state index contributed by atoms with van der Waals surface area (Å²) in [5, 5.41) is 5.54. The van der Waals surface area contributed by atoms with Gasteiger partial charge in [-0.15, -0.1) is 11.3 Å². The fourth-order valence-electron chi connectivity index (χ4n) is 2.77. The van der Waals surface area contributed by atoms with Gasteiger partial charge in [-0.1, -0.05) is 13.0 Å². The molecule has 1 fully saturated rings. The lowest BCUT2D eigenvalue weighted by atomic mass is 10.1. The van der Waals surface area contributed by atoms with E-state index in [4.69, 9.17) is 9.47 Å². The molecule has 2 N–H and O–H groups in total. The number of rotatable bonds is 10. The van der Waals surface area contributed by atoms with E-state index in [1.807, 2.05) is 23.6 Å². The van der Waals surface area contributed by atoms with Crippen LogP contribution in [0.25, 0.3) is 0 Å². The predicted octanol–water partition coefficient (Wildman–Crippen LogP) is 3.31. The van der Waals surface area contributed by atoms with E-state index in [2.05, 4.69) is 21.9 Å². The Morgan fingerprint density at radius 2 is 2.07 bits per heavy atom. The molecule has 0 radical (unpaired) electrons. The van der Waals surface area contributed by atoms with Gasteiger partial charge in [-0.05, 0) is 25.3 Å². The van der Waals surface area contributed by atoms with Crippen molar-refractivity contribution in [2.75, 3.05) is 18.9 Å². The first-order valence-corrected chi connectivity index (χ1v) is 11.3. The van der Waals surface area contributed by atoms with Crippen LogP contribution in [0, 0.1) is 0 Å². The highest BCUT2D eigenvalue weighted by atomic mass is 32.2. The smallest absolute Gasteiger partial charge is 0.237 e. The van der Waals surface area contributed by atoms with Crippen LogP contribution in [0.2, 0.25) is 0 Å². The molecule has 7 nitrogen and oxygen atoms in total. The minimum absolute atomic E-state index is 0.0206. The molecule has 0 amide bonds. The number of hydrogen-bond acceptors (Lipinski definition) is 7. The number of sulfonamides is 1. The zero-order chi connectivity index (χ0) is 19.4. The van der Waals surface area contributed by atoms with Crippen molar-refractivity contribution in [1.82, 2.24) is 10.3 Å². The highest BCUT2D eigenvalue weighted by Crippen LogP contribution is 2.31. The summed E-state index contributed by atoms with van der Waals surface area (Å²) in [7, 11) is -0.0257. The second-order valence-electron chi connectivity index (χ2n) is 6.44. The molecule has 3 rings (SSSR count). The summed E-state index contributed by atoms with van der Waals surface area (Å²) in [6.07, 6.45) is 2.30. The third-order valence-electron chi connectivity index (χ3n) is 4.51. The Balaban J connectivity index is 1.66. The molecular weight excluding hydrogens is 386 g/mol. The van der Waals surface area contributed by atoms with E-state index >= 15 is 0 Å². The Hall–Kier alpha value is -1.84. The van der Waals surface area contributed by atoms with Crippen molar-refractivity contribution in [3.05, 3.63) is 34.8 Å². The van der Waals surface area contributed by atoms with E-state index in [-0.39, 0.29) is 11.3 Å². The lowest BCUT2D eigenvalue weighted by molar-refractivity contribution is 0.388. The van der Waals surface area contributed by atoms with E-state index in [9.17, 15) is 8.42 Å². The number of methoxy groups -OCH3 is 2. The molecule has 1 heterocycles. The van der Waals surface area contributed by atoms with E-state index in [1.54, 1.807) is 14.2 Å². The molecule has 2 aromatic rings. The van der Waals surface area contributed by atoms with E-state index in [1.165, 1.54) is 11.3 Å². The van der Waals surface area contributed by atoms with Crippen molar-refractivity contribution in [3.63, 3.8) is 0 Å². The minimum atomic E-state index is -3.28. The molecule has 1 aliphatic rings. The molecule has 0 saturated heterocycles. The van der Waals surface area contributed by atoms with Crippen molar-refractivity contribution in [2.24, 2.45) is 0 Å². The number of hydrogen-bond donors (Lipinski definition) is 2. The van der Waals surface area contributed by atoms with Gasteiger partial charge < -0.3 is 14.8 Å². The SMILES string of the molecule is CCC(NCc1ccc(OC)cc1OC)c1csc(NS(=O)(=O)C2CC2)n1. The molecule has 1 aliphatic carbocycles. The van der Waals surface area contributed by atoms with Crippen molar-refractivity contribution in [1.29, 1.82) is 0 Å². The largest absolute Gasteiger partial charge is 0.497 e. The summed E-state index contributed by atoms with van der Waals surface area (Å²) < 4.78 is 37.4. The average Bonchev–Trinajstić information content (AvgIpc) is 3.44. The van der Waals surface area contributed by atoms with Gasteiger partial charge >= 0.3 is 0 Å². The van der Waals surface area contributed by atoms with Crippen LogP contribution in [0.5, 0.6) is 11.5 Å². The van der Waals surface area contributed by atoms with Crippen LogP contribution >= 0.6 is 11.3 Å². The number of anilines is 1. The maximum atomic E-state index is 12.1. The summed E-state index contributed by atoms with van der Waals surface area (Å²) >= 11 is 1.32. The fraction of sp³-hybridized carbons (Fsp3) is 0.500. The van der Waals surface area contributed by atoms with Gasteiger partial charge in [-0.2, -0.15) is 0 Å². The molecule has 27 heavy (non-hydrogen) atoms. The third-order valence-corrected chi connectivity index (χ3v) is 7.25.